The second-order valence-electron chi connectivity index (χ2n) is 10.4. The maximum absolute atomic E-state index is 13.4. The number of rotatable bonds is 8. The van der Waals surface area contributed by atoms with Gasteiger partial charge in [-0.1, -0.05) is 0 Å². The molecule has 10 heteroatoms. The molecule has 1 aromatic carbocycles. The Kier molecular flexibility index (Phi) is 8.27. The molecule has 2 saturated heterocycles. The van der Waals surface area contributed by atoms with Gasteiger partial charge in [0, 0.05) is 56.1 Å². The predicted octanol–water partition coefficient (Wildman–Crippen LogP) is 3.74. The Balaban J connectivity index is 1.35. The van der Waals surface area contributed by atoms with Crippen molar-refractivity contribution >= 4 is 40.4 Å². The number of aromatic amines is 1. The SMILES string of the molecule is Cc1cc(OCCN2CCN(C)CC2)ccc1N=C1O/C(=C\c2c[nH]c3ncccc23)C(=O)C1C(=O)OC(C)C. The van der Waals surface area contributed by atoms with Crippen molar-refractivity contribution in [3.05, 3.63) is 59.6 Å². The van der Waals surface area contributed by atoms with Crippen LogP contribution in [0.3, 0.4) is 0 Å². The van der Waals surface area contributed by atoms with Gasteiger partial charge in [0.25, 0.3) is 0 Å². The number of aliphatic imine (C=N–C) groups is 1. The highest BCUT2D eigenvalue weighted by Gasteiger charge is 2.45. The lowest BCUT2D eigenvalue weighted by atomic mass is 10.0. The lowest BCUT2D eigenvalue weighted by molar-refractivity contribution is -0.151. The molecule has 0 bridgehead atoms. The summed E-state index contributed by atoms with van der Waals surface area (Å²) in [5.41, 5.74) is 2.81. The molecule has 3 aromatic rings. The third kappa shape index (κ3) is 6.24. The van der Waals surface area contributed by atoms with Gasteiger partial charge in [0.1, 0.15) is 18.0 Å². The summed E-state index contributed by atoms with van der Waals surface area (Å²) in [6, 6.07) is 9.25. The number of H-pyrrole nitrogens is 1. The number of benzene rings is 1. The maximum atomic E-state index is 13.4. The van der Waals surface area contributed by atoms with Gasteiger partial charge in [-0.2, -0.15) is 0 Å². The number of carbonyl (C=O) groups is 2. The normalized spacial score (nSPS) is 20.5. The summed E-state index contributed by atoms with van der Waals surface area (Å²) in [5.74, 6) is -1.71. The van der Waals surface area contributed by atoms with Crippen LogP contribution in [0.15, 0.2) is 53.5 Å². The highest BCUT2D eigenvalue weighted by atomic mass is 16.6. The van der Waals surface area contributed by atoms with E-state index in [-0.39, 0.29) is 11.7 Å². The van der Waals surface area contributed by atoms with Crippen LogP contribution in [-0.4, -0.2) is 89.9 Å². The molecule has 1 atom stereocenters. The van der Waals surface area contributed by atoms with Crippen molar-refractivity contribution in [1.82, 2.24) is 19.8 Å². The van der Waals surface area contributed by atoms with Gasteiger partial charge in [0.15, 0.2) is 11.7 Å². The Bertz CT molecular complexity index is 1450. The molecular weight excluding hydrogens is 510 g/mol. The minimum absolute atomic E-state index is 0.00768. The van der Waals surface area contributed by atoms with E-state index in [0.717, 1.165) is 55.0 Å². The summed E-state index contributed by atoms with van der Waals surface area (Å²) in [6.07, 6.45) is 4.63. The number of nitrogens with one attached hydrogen (secondary N) is 1. The summed E-state index contributed by atoms with van der Waals surface area (Å²) in [4.78, 5) is 43.0. The highest BCUT2D eigenvalue weighted by Crippen LogP contribution is 2.31. The van der Waals surface area contributed by atoms with Gasteiger partial charge in [0.05, 0.1) is 11.8 Å². The molecule has 210 valence electrons. The van der Waals surface area contributed by atoms with Crippen molar-refractivity contribution in [2.75, 3.05) is 46.4 Å². The van der Waals surface area contributed by atoms with E-state index in [2.05, 4.69) is 31.8 Å². The minimum atomic E-state index is -1.28. The lowest BCUT2D eigenvalue weighted by Crippen LogP contribution is -2.45. The Morgan fingerprint density at radius 3 is 2.80 bits per heavy atom. The number of hydrogen-bond acceptors (Lipinski definition) is 9. The molecule has 0 aliphatic carbocycles. The first-order chi connectivity index (χ1) is 19.3. The Hall–Kier alpha value is -4.02. The zero-order valence-electron chi connectivity index (χ0n) is 23.3. The largest absolute Gasteiger partial charge is 0.492 e. The number of allylic oxidation sites excluding steroid dienone is 1. The number of nitrogens with zero attached hydrogens (tertiary/aromatic N) is 4. The van der Waals surface area contributed by atoms with Crippen LogP contribution in [0.4, 0.5) is 5.69 Å². The fourth-order valence-electron chi connectivity index (χ4n) is 4.74. The molecule has 2 aliphatic heterocycles. The first-order valence-electron chi connectivity index (χ1n) is 13.6. The van der Waals surface area contributed by atoms with Crippen LogP contribution in [0.1, 0.15) is 25.0 Å². The number of pyridine rings is 1. The van der Waals surface area contributed by atoms with E-state index in [1.807, 2.05) is 31.2 Å². The zero-order chi connectivity index (χ0) is 28.2. The van der Waals surface area contributed by atoms with Gasteiger partial charge in [-0.25, -0.2) is 9.98 Å². The van der Waals surface area contributed by atoms with Crippen molar-refractivity contribution in [3.8, 4) is 5.75 Å². The topological polar surface area (TPSA) is 109 Å². The number of piperazine rings is 1. The standard InChI is InChI=1S/C30H35N5O5/c1-19(2)39-30(37)26-27(36)25(17-21-18-32-28-23(21)6-5-9-31-28)40-29(26)33-24-8-7-22(16-20(24)3)38-15-14-35-12-10-34(4)11-13-35/h5-9,16-19,26H,10-15H2,1-4H3,(H,31,32)/b25-17-,33-29?. The number of aryl methyl sites for hydroxylation is 1. The van der Waals surface area contributed by atoms with Crippen LogP contribution in [0.5, 0.6) is 5.75 Å². The van der Waals surface area contributed by atoms with Gasteiger partial charge in [-0.05, 0) is 69.8 Å². The van der Waals surface area contributed by atoms with Crippen LogP contribution in [0.25, 0.3) is 17.1 Å². The monoisotopic (exact) mass is 545 g/mol. The zero-order valence-corrected chi connectivity index (χ0v) is 23.3. The molecule has 0 amide bonds. The minimum Gasteiger partial charge on any atom is -0.492 e. The van der Waals surface area contributed by atoms with Crippen LogP contribution in [-0.2, 0) is 19.1 Å². The third-order valence-electron chi connectivity index (χ3n) is 6.99. The third-order valence-corrected chi connectivity index (χ3v) is 6.99. The number of fused-ring (bicyclic) bond motifs is 1. The van der Waals surface area contributed by atoms with Crippen molar-refractivity contribution < 1.29 is 23.8 Å². The number of esters is 1. The first-order valence-corrected chi connectivity index (χ1v) is 13.6. The number of likely N-dealkylation sites (N-methyl/N-ethyl adjacent to an activating group) is 1. The Morgan fingerprint density at radius 1 is 1.25 bits per heavy atom. The van der Waals surface area contributed by atoms with Gasteiger partial charge in [0.2, 0.25) is 11.7 Å². The van der Waals surface area contributed by atoms with Gasteiger partial charge in [-0.3, -0.25) is 14.5 Å². The quantitative estimate of drug-likeness (QED) is 0.259. The van der Waals surface area contributed by atoms with Crippen LogP contribution < -0.4 is 4.74 Å². The van der Waals surface area contributed by atoms with E-state index < -0.39 is 23.8 Å². The fraction of sp³-hybridized carbons (Fsp3) is 0.400. The molecule has 2 fully saturated rings. The van der Waals surface area contributed by atoms with E-state index in [1.165, 1.54) is 0 Å². The Morgan fingerprint density at radius 2 is 2.05 bits per heavy atom. The number of Topliss-reactive ketones (excluding diaryl/α,β-unsaturated/α-hetero) is 1. The van der Waals surface area contributed by atoms with Crippen LogP contribution in [0, 0.1) is 12.8 Å². The second-order valence-corrected chi connectivity index (χ2v) is 10.4. The van der Waals surface area contributed by atoms with Crippen molar-refractivity contribution in [1.29, 1.82) is 0 Å². The predicted molar refractivity (Wildman–Crippen MR) is 153 cm³/mol. The molecule has 0 spiro atoms. The molecule has 0 saturated carbocycles. The van der Waals surface area contributed by atoms with E-state index in [4.69, 9.17) is 14.2 Å². The maximum Gasteiger partial charge on any atom is 0.326 e. The van der Waals surface area contributed by atoms with E-state index in [9.17, 15) is 9.59 Å². The first kappa shape index (κ1) is 27.5. The van der Waals surface area contributed by atoms with Crippen molar-refractivity contribution in [2.45, 2.75) is 26.9 Å². The summed E-state index contributed by atoms with van der Waals surface area (Å²) < 4.78 is 17.3. The molecule has 4 heterocycles. The van der Waals surface area contributed by atoms with Gasteiger partial charge >= 0.3 is 5.97 Å². The summed E-state index contributed by atoms with van der Waals surface area (Å²) in [7, 11) is 2.14. The average molecular weight is 546 g/mol. The van der Waals surface area contributed by atoms with E-state index in [1.54, 1.807) is 38.4 Å². The number of ether oxygens (including phenoxy) is 3. The van der Waals surface area contributed by atoms with Crippen molar-refractivity contribution in [2.24, 2.45) is 10.9 Å². The molecule has 10 nitrogen and oxygen atoms in total. The summed E-state index contributed by atoms with van der Waals surface area (Å²) in [6.45, 7) is 11.1. The molecule has 1 N–H and O–H groups in total. The fourth-order valence-corrected chi connectivity index (χ4v) is 4.74. The number of carbonyl (C=O) groups excluding carboxylic acids is 2. The van der Waals surface area contributed by atoms with Gasteiger partial charge < -0.3 is 24.1 Å². The lowest BCUT2D eigenvalue weighted by Gasteiger charge is -2.32. The average Bonchev–Trinajstić information content (AvgIpc) is 3.47. The number of aromatic nitrogens is 2. The molecule has 0 radical (unpaired) electrons. The molecule has 2 aliphatic rings. The molecule has 5 rings (SSSR count). The van der Waals surface area contributed by atoms with E-state index in [0.29, 0.717) is 17.9 Å². The van der Waals surface area contributed by atoms with Crippen LogP contribution >= 0.6 is 0 Å². The molecule has 2 aromatic heterocycles. The highest BCUT2D eigenvalue weighted by molar-refractivity contribution is 6.27. The Labute approximate surface area is 233 Å². The van der Waals surface area contributed by atoms with Gasteiger partial charge in [-0.15, -0.1) is 0 Å². The molecule has 40 heavy (non-hydrogen) atoms. The summed E-state index contributed by atoms with van der Waals surface area (Å²) in [5, 5.41) is 0.831. The summed E-state index contributed by atoms with van der Waals surface area (Å²) >= 11 is 0. The van der Waals surface area contributed by atoms with Crippen LogP contribution in [0.2, 0.25) is 0 Å². The number of ketones is 1. The smallest absolute Gasteiger partial charge is 0.326 e. The number of hydrogen-bond donors (Lipinski definition) is 1. The molecule has 1 unspecified atom stereocenters. The van der Waals surface area contributed by atoms with E-state index >= 15 is 0 Å². The molecular formula is C30H35N5O5. The second kappa shape index (κ2) is 12.0. The van der Waals surface area contributed by atoms with Crippen molar-refractivity contribution in [3.63, 3.8) is 0 Å².